The molecule has 2 saturated heterocycles. The Bertz CT molecular complexity index is 1070. The Balaban J connectivity index is 1.27. The number of amides is 2. The van der Waals surface area contributed by atoms with Crippen LogP contribution in [0.25, 0.3) is 0 Å². The van der Waals surface area contributed by atoms with Gasteiger partial charge in [0.2, 0.25) is 11.8 Å². The van der Waals surface area contributed by atoms with Gasteiger partial charge < -0.3 is 40.5 Å². The van der Waals surface area contributed by atoms with Crippen LogP contribution in [0.5, 0.6) is 0 Å². The Morgan fingerprint density at radius 3 is 2.66 bits per heavy atom. The molecule has 3 aliphatic rings. The van der Waals surface area contributed by atoms with Crippen LogP contribution < -0.4 is 10.6 Å². The van der Waals surface area contributed by atoms with Crippen LogP contribution in [0.3, 0.4) is 0 Å². The number of carbonyl (C=O) groups is 3. The van der Waals surface area contributed by atoms with E-state index in [4.69, 9.17) is 9.47 Å². The lowest BCUT2D eigenvalue weighted by molar-refractivity contribution is -0.187. The molecule has 3 rings (SSSR count). The van der Waals surface area contributed by atoms with E-state index < -0.39 is 42.5 Å². The molecule has 11 nitrogen and oxygen atoms in total. The van der Waals surface area contributed by atoms with Gasteiger partial charge in [0.25, 0.3) is 0 Å². The third kappa shape index (κ3) is 10.6. The first-order chi connectivity index (χ1) is 21.0. The first-order valence-electron chi connectivity index (χ1n) is 15.5. The molecule has 0 aromatic rings. The van der Waals surface area contributed by atoms with Crippen LogP contribution >= 0.6 is 21.6 Å². The van der Waals surface area contributed by atoms with Crippen molar-refractivity contribution in [1.82, 2.24) is 10.6 Å². The van der Waals surface area contributed by atoms with E-state index >= 15 is 0 Å². The van der Waals surface area contributed by atoms with Crippen molar-refractivity contribution in [1.29, 1.82) is 0 Å². The molecule has 0 spiro atoms. The molecular formula is C31H48N2O9S2. The van der Waals surface area contributed by atoms with Crippen LogP contribution in [0.15, 0.2) is 34.9 Å². The Morgan fingerprint density at radius 2 is 1.91 bits per heavy atom. The molecule has 44 heavy (non-hydrogen) atoms. The standard InChI is InChI=1S/C31H48N2O9S2/c1-4-22(34)18(2)11-10-12-20-16-42-29(28(39)27(20)38)26(37)19(3)15-24(36)41-14-9-7-5-6-8-13-23(35)33-25-30-21(17-43-44-30)32-31(25)40/h10-11,15,17-18,20,22,25-30,34,37-39H,4-9,12-14,16H2,1-3H3,(H,32,40)(H,33,35)/b11-10+,19-15+/t18-,20+,22+,25?,26-,27-,28-,29+,30?/m1/s1. The summed E-state index contributed by atoms with van der Waals surface area (Å²) in [5.41, 5.74) is 1.13. The minimum absolute atomic E-state index is 0.0235. The van der Waals surface area contributed by atoms with Crippen LogP contribution in [-0.4, -0.2) is 93.2 Å². The molecule has 3 aliphatic heterocycles. The molecule has 0 bridgehead atoms. The highest BCUT2D eigenvalue weighted by Gasteiger charge is 2.43. The van der Waals surface area contributed by atoms with Crippen LogP contribution in [0.2, 0.25) is 0 Å². The van der Waals surface area contributed by atoms with Gasteiger partial charge in [-0.15, -0.1) is 0 Å². The smallest absolute Gasteiger partial charge is 0.330 e. The average molecular weight is 657 g/mol. The van der Waals surface area contributed by atoms with Crippen molar-refractivity contribution in [3.05, 3.63) is 34.9 Å². The van der Waals surface area contributed by atoms with Gasteiger partial charge in [-0.2, -0.15) is 0 Å². The van der Waals surface area contributed by atoms with Gasteiger partial charge in [0.05, 0.1) is 30.7 Å². The van der Waals surface area contributed by atoms with Crippen molar-refractivity contribution < 1.29 is 44.3 Å². The van der Waals surface area contributed by atoms with Gasteiger partial charge in [-0.3, -0.25) is 9.59 Å². The number of fused-ring (bicyclic) bond motifs is 1. The van der Waals surface area contributed by atoms with E-state index in [1.54, 1.807) is 28.5 Å². The van der Waals surface area contributed by atoms with Crippen molar-refractivity contribution in [2.45, 2.75) is 114 Å². The Morgan fingerprint density at radius 1 is 1.18 bits per heavy atom. The van der Waals surface area contributed by atoms with Crippen LogP contribution in [0, 0.1) is 11.8 Å². The highest BCUT2D eigenvalue weighted by atomic mass is 33.1. The van der Waals surface area contributed by atoms with Crippen LogP contribution in [0.1, 0.15) is 72.1 Å². The number of unbranched alkanes of at least 4 members (excludes halogenated alkanes) is 4. The minimum Gasteiger partial charge on any atom is -0.463 e. The van der Waals surface area contributed by atoms with E-state index in [1.807, 2.05) is 31.4 Å². The number of ether oxygens (including phenoxy) is 2. The molecule has 0 aromatic carbocycles. The molecule has 13 heteroatoms. The zero-order valence-electron chi connectivity index (χ0n) is 25.7. The summed E-state index contributed by atoms with van der Waals surface area (Å²) >= 11 is 0. The van der Waals surface area contributed by atoms with Gasteiger partial charge in [-0.25, -0.2) is 4.79 Å². The number of rotatable bonds is 17. The van der Waals surface area contributed by atoms with Gasteiger partial charge in [-0.1, -0.05) is 66.8 Å². The zero-order chi connectivity index (χ0) is 32.2. The number of esters is 1. The Hall–Kier alpha value is -1.87. The SMILES string of the molecule is CC[C@H](O)[C@H](C)/C=C/C[C@H]1CO[C@@H]([C@H](O)/C(C)=C/C(=O)OCCCCCCCC(=O)NC2C(=O)NC3=CSSC32)[C@H](O)[C@@H]1O. The third-order valence-corrected chi connectivity index (χ3v) is 10.7. The average Bonchev–Trinajstić information content (AvgIpc) is 3.57. The summed E-state index contributed by atoms with van der Waals surface area (Å²) in [7, 11) is 3.12. The topological polar surface area (TPSA) is 175 Å². The molecule has 9 atom stereocenters. The van der Waals surface area contributed by atoms with Crippen molar-refractivity contribution in [3.8, 4) is 0 Å². The first kappa shape index (κ1) is 36.6. The molecule has 0 aromatic heterocycles. The molecule has 0 aliphatic carbocycles. The predicted octanol–water partition coefficient (Wildman–Crippen LogP) is 2.49. The van der Waals surface area contributed by atoms with E-state index in [0.717, 1.165) is 25.0 Å². The monoisotopic (exact) mass is 656 g/mol. The summed E-state index contributed by atoms with van der Waals surface area (Å²) in [6.45, 7) is 5.70. The second kappa shape index (κ2) is 18.3. The van der Waals surface area contributed by atoms with Gasteiger partial charge in [0.1, 0.15) is 24.4 Å². The molecular weight excluding hydrogens is 608 g/mol. The molecule has 0 radical (unpaired) electrons. The molecule has 248 valence electrons. The third-order valence-electron chi connectivity index (χ3n) is 8.30. The Labute approximate surface area is 267 Å². The predicted molar refractivity (Wildman–Crippen MR) is 170 cm³/mol. The van der Waals surface area contributed by atoms with Gasteiger partial charge in [-0.05, 0) is 44.1 Å². The number of aliphatic hydroxyl groups excluding tert-OH is 4. The molecule has 2 amide bonds. The summed E-state index contributed by atoms with van der Waals surface area (Å²) in [6.07, 6.45) is 5.02. The van der Waals surface area contributed by atoms with E-state index in [2.05, 4.69) is 10.6 Å². The van der Waals surface area contributed by atoms with E-state index in [1.165, 1.54) is 6.08 Å². The number of aliphatic hydroxyl groups is 4. The molecule has 2 unspecified atom stereocenters. The quantitative estimate of drug-likeness (QED) is 0.0446. The van der Waals surface area contributed by atoms with Crippen molar-refractivity contribution in [3.63, 3.8) is 0 Å². The summed E-state index contributed by atoms with van der Waals surface area (Å²) in [5, 5.41) is 49.3. The van der Waals surface area contributed by atoms with Crippen LogP contribution in [0.4, 0.5) is 0 Å². The fourth-order valence-corrected chi connectivity index (χ4v) is 7.94. The normalized spacial score (nSPS) is 29.1. The summed E-state index contributed by atoms with van der Waals surface area (Å²) in [5.74, 6) is -1.29. The summed E-state index contributed by atoms with van der Waals surface area (Å²) in [4.78, 5) is 36.6. The number of allylic oxidation sites excluding steroid dienone is 1. The van der Waals surface area contributed by atoms with Gasteiger partial charge in [0, 0.05) is 29.5 Å². The summed E-state index contributed by atoms with van der Waals surface area (Å²) in [6, 6.07) is -0.518. The number of carbonyl (C=O) groups excluding carboxylic acids is 3. The maximum atomic E-state index is 12.3. The molecule has 6 N–H and O–H groups in total. The minimum atomic E-state index is -1.33. The number of nitrogens with one attached hydrogen (secondary N) is 2. The highest BCUT2D eigenvalue weighted by Crippen LogP contribution is 2.43. The lowest BCUT2D eigenvalue weighted by Gasteiger charge is -2.39. The first-order valence-corrected chi connectivity index (χ1v) is 17.8. The number of hydrogen-bond donors (Lipinski definition) is 6. The maximum Gasteiger partial charge on any atom is 0.330 e. The molecule has 2 fully saturated rings. The van der Waals surface area contributed by atoms with Gasteiger partial charge >= 0.3 is 5.97 Å². The fourth-order valence-electron chi connectivity index (χ4n) is 5.36. The highest BCUT2D eigenvalue weighted by molar-refractivity contribution is 8.78. The van der Waals surface area contributed by atoms with Crippen LogP contribution in [-0.2, 0) is 23.9 Å². The fraction of sp³-hybridized carbons (Fsp3) is 0.710. The maximum absolute atomic E-state index is 12.3. The zero-order valence-corrected chi connectivity index (χ0v) is 27.4. The number of hydrogen-bond acceptors (Lipinski definition) is 11. The van der Waals surface area contributed by atoms with Gasteiger partial charge in [0.15, 0.2) is 0 Å². The van der Waals surface area contributed by atoms with E-state index in [9.17, 15) is 34.8 Å². The van der Waals surface area contributed by atoms with Crippen molar-refractivity contribution in [2.75, 3.05) is 13.2 Å². The second-order valence-corrected chi connectivity index (χ2v) is 14.1. The lowest BCUT2D eigenvalue weighted by Crippen LogP contribution is -2.54. The lowest BCUT2D eigenvalue weighted by atomic mass is 9.86. The molecule has 3 heterocycles. The second-order valence-electron chi connectivity index (χ2n) is 11.8. The largest absolute Gasteiger partial charge is 0.463 e. The van der Waals surface area contributed by atoms with Crippen molar-refractivity contribution >= 4 is 39.4 Å². The van der Waals surface area contributed by atoms with E-state index in [-0.39, 0.29) is 47.7 Å². The van der Waals surface area contributed by atoms with Crippen molar-refractivity contribution in [2.24, 2.45) is 11.8 Å². The summed E-state index contributed by atoms with van der Waals surface area (Å²) < 4.78 is 10.9. The van der Waals surface area contributed by atoms with E-state index in [0.29, 0.717) is 32.1 Å². The Kier molecular flexibility index (Phi) is 15.2. The molecule has 0 saturated carbocycles.